The Morgan fingerprint density at radius 3 is 0.806 bits per heavy atom. The molecule has 0 N–H and O–H groups in total. The molecular weight excluding hydrogens is 408 g/mol. The van der Waals surface area contributed by atoms with Crippen LogP contribution in [0.4, 0.5) is 0 Å². The molecule has 0 aliphatic rings. The molecule has 4 aromatic carbocycles. The van der Waals surface area contributed by atoms with Crippen molar-refractivity contribution in [2.45, 2.75) is 11.2 Å². The van der Waals surface area contributed by atoms with Crippen molar-refractivity contribution in [3.63, 3.8) is 0 Å². The standard InChI is InChI=1S/C26H22O4S/c1-5-13-21(14-6-1)27-25(28-22-15-7-2-8-16-22)31-26(29-23-17-9-3-10-18-23)30-24-19-11-4-12-20-24/h1-20,25-26H. The van der Waals surface area contributed by atoms with Gasteiger partial charge in [0.2, 0.25) is 0 Å². The van der Waals surface area contributed by atoms with Crippen molar-refractivity contribution < 1.29 is 18.9 Å². The lowest BCUT2D eigenvalue weighted by Crippen LogP contribution is -2.29. The monoisotopic (exact) mass is 430 g/mol. The van der Waals surface area contributed by atoms with Gasteiger partial charge in [-0.25, -0.2) is 0 Å². The zero-order chi connectivity index (χ0) is 21.1. The van der Waals surface area contributed by atoms with Crippen LogP contribution in [0.1, 0.15) is 0 Å². The lowest BCUT2D eigenvalue weighted by atomic mass is 10.3. The summed E-state index contributed by atoms with van der Waals surface area (Å²) in [6, 6.07) is 38.1. The van der Waals surface area contributed by atoms with Crippen molar-refractivity contribution in [3.8, 4) is 23.0 Å². The molecule has 0 saturated heterocycles. The van der Waals surface area contributed by atoms with Crippen LogP contribution in [-0.2, 0) is 0 Å². The summed E-state index contributed by atoms with van der Waals surface area (Å²) < 4.78 is 24.4. The normalized spacial score (nSPS) is 10.6. The lowest BCUT2D eigenvalue weighted by molar-refractivity contribution is 0.0563. The van der Waals surface area contributed by atoms with E-state index in [4.69, 9.17) is 18.9 Å². The first-order valence-electron chi connectivity index (χ1n) is 9.87. The molecule has 0 amide bonds. The Bertz CT molecular complexity index is 846. The third kappa shape index (κ3) is 6.73. The molecule has 0 heterocycles. The van der Waals surface area contributed by atoms with Gasteiger partial charge < -0.3 is 18.9 Å². The first-order valence-corrected chi connectivity index (χ1v) is 10.8. The second kappa shape index (κ2) is 11.0. The van der Waals surface area contributed by atoms with Gasteiger partial charge in [0.05, 0.1) is 0 Å². The summed E-state index contributed by atoms with van der Waals surface area (Å²) in [6.07, 6.45) is 0. The fraction of sp³-hybridized carbons (Fsp3) is 0.0769. The fourth-order valence-electron chi connectivity index (χ4n) is 2.69. The summed E-state index contributed by atoms with van der Waals surface area (Å²) in [5, 5.41) is 0. The maximum atomic E-state index is 6.11. The molecule has 4 rings (SSSR count). The Labute approximate surface area is 186 Å². The van der Waals surface area contributed by atoms with Gasteiger partial charge in [-0.2, -0.15) is 0 Å². The van der Waals surface area contributed by atoms with Crippen LogP contribution in [-0.4, -0.2) is 11.2 Å². The quantitative estimate of drug-likeness (QED) is 0.265. The van der Waals surface area contributed by atoms with Crippen molar-refractivity contribution in [3.05, 3.63) is 121 Å². The van der Waals surface area contributed by atoms with E-state index >= 15 is 0 Å². The van der Waals surface area contributed by atoms with Gasteiger partial charge in [-0.3, -0.25) is 0 Å². The van der Waals surface area contributed by atoms with Crippen LogP contribution in [0.25, 0.3) is 0 Å². The summed E-state index contributed by atoms with van der Waals surface area (Å²) in [7, 11) is 0. The van der Waals surface area contributed by atoms with E-state index in [1.165, 1.54) is 11.8 Å². The van der Waals surface area contributed by atoms with Gasteiger partial charge in [-0.1, -0.05) is 72.8 Å². The number of thioether (sulfide) groups is 1. The van der Waals surface area contributed by atoms with Crippen LogP contribution in [0, 0.1) is 0 Å². The van der Waals surface area contributed by atoms with Crippen molar-refractivity contribution >= 4 is 11.8 Å². The molecule has 0 fully saturated rings. The largest absolute Gasteiger partial charge is 0.445 e. The van der Waals surface area contributed by atoms with E-state index in [2.05, 4.69) is 0 Å². The molecule has 5 heteroatoms. The molecular formula is C26H22O4S. The second-order valence-electron chi connectivity index (χ2n) is 6.44. The Morgan fingerprint density at radius 1 is 0.355 bits per heavy atom. The van der Waals surface area contributed by atoms with Gasteiger partial charge in [-0.05, 0) is 48.5 Å². The Balaban J connectivity index is 1.55. The average Bonchev–Trinajstić information content (AvgIpc) is 2.82. The molecule has 0 aromatic heterocycles. The van der Waals surface area contributed by atoms with Crippen LogP contribution >= 0.6 is 11.8 Å². The molecule has 0 unspecified atom stereocenters. The van der Waals surface area contributed by atoms with E-state index in [9.17, 15) is 0 Å². The van der Waals surface area contributed by atoms with Gasteiger partial charge in [0.15, 0.2) is 0 Å². The smallest absolute Gasteiger partial charge is 0.297 e. The number of hydrogen-bond acceptors (Lipinski definition) is 5. The van der Waals surface area contributed by atoms with Crippen molar-refractivity contribution in [2.75, 3.05) is 0 Å². The van der Waals surface area contributed by atoms with E-state index in [0.29, 0.717) is 23.0 Å². The maximum absolute atomic E-state index is 6.11. The molecule has 0 aliphatic heterocycles. The number of ether oxygens (including phenoxy) is 4. The Morgan fingerprint density at radius 2 is 0.581 bits per heavy atom. The Hall–Kier alpha value is -3.57. The number of hydrogen-bond donors (Lipinski definition) is 0. The lowest BCUT2D eigenvalue weighted by Gasteiger charge is -2.25. The molecule has 31 heavy (non-hydrogen) atoms. The van der Waals surface area contributed by atoms with Gasteiger partial charge in [0, 0.05) is 11.8 Å². The van der Waals surface area contributed by atoms with E-state index in [-0.39, 0.29) is 0 Å². The Kier molecular flexibility index (Phi) is 7.34. The predicted molar refractivity (Wildman–Crippen MR) is 123 cm³/mol. The van der Waals surface area contributed by atoms with E-state index in [0.717, 1.165) is 0 Å². The first-order chi connectivity index (χ1) is 15.3. The average molecular weight is 431 g/mol. The molecule has 156 valence electrons. The molecule has 0 bridgehead atoms. The summed E-state index contributed by atoms with van der Waals surface area (Å²) >= 11 is 1.28. The third-order valence-electron chi connectivity index (χ3n) is 4.12. The van der Waals surface area contributed by atoms with Crippen LogP contribution in [0.2, 0.25) is 0 Å². The van der Waals surface area contributed by atoms with Crippen LogP contribution in [0.5, 0.6) is 23.0 Å². The molecule has 4 nitrogen and oxygen atoms in total. The van der Waals surface area contributed by atoms with Gasteiger partial charge in [0.1, 0.15) is 23.0 Å². The number of benzene rings is 4. The van der Waals surface area contributed by atoms with Gasteiger partial charge >= 0.3 is 0 Å². The van der Waals surface area contributed by atoms with E-state index in [1.54, 1.807) is 0 Å². The number of rotatable bonds is 10. The summed E-state index contributed by atoms with van der Waals surface area (Å²) in [5.41, 5.74) is -1.41. The zero-order valence-electron chi connectivity index (χ0n) is 16.7. The van der Waals surface area contributed by atoms with Gasteiger partial charge in [-0.15, -0.1) is 0 Å². The highest BCUT2D eigenvalue weighted by atomic mass is 32.2. The second-order valence-corrected chi connectivity index (χ2v) is 7.48. The minimum atomic E-state index is -0.706. The molecule has 0 radical (unpaired) electrons. The summed E-state index contributed by atoms with van der Waals surface area (Å²) in [5.74, 6) is 2.76. The molecule has 0 aliphatic carbocycles. The van der Waals surface area contributed by atoms with Crippen molar-refractivity contribution in [1.82, 2.24) is 0 Å². The molecule has 0 saturated carbocycles. The highest BCUT2D eigenvalue weighted by Gasteiger charge is 2.24. The number of para-hydroxylation sites is 4. The molecule has 0 spiro atoms. The first kappa shape index (κ1) is 20.7. The minimum absolute atomic E-state index is 0.689. The zero-order valence-corrected chi connectivity index (χ0v) is 17.6. The highest BCUT2D eigenvalue weighted by molar-refractivity contribution is 7.99. The topological polar surface area (TPSA) is 36.9 Å². The van der Waals surface area contributed by atoms with E-state index < -0.39 is 11.2 Å². The summed E-state index contributed by atoms with van der Waals surface area (Å²) in [4.78, 5) is 0. The van der Waals surface area contributed by atoms with E-state index in [1.807, 2.05) is 121 Å². The minimum Gasteiger partial charge on any atom is -0.445 e. The van der Waals surface area contributed by atoms with Crippen LogP contribution in [0.3, 0.4) is 0 Å². The fourth-order valence-corrected chi connectivity index (χ4v) is 3.54. The molecule has 0 atom stereocenters. The van der Waals surface area contributed by atoms with Crippen molar-refractivity contribution in [2.24, 2.45) is 0 Å². The van der Waals surface area contributed by atoms with Crippen molar-refractivity contribution in [1.29, 1.82) is 0 Å². The van der Waals surface area contributed by atoms with Crippen LogP contribution < -0.4 is 18.9 Å². The predicted octanol–water partition coefficient (Wildman–Crippen LogP) is 6.60. The van der Waals surface area contributed by atoms with Gasteiger partial charge in [0.25, 0.3) is 11.2 Å². The highest BCUT2D eigenvalue weighted by Crippen LogP contribution is 2.29. The third-order valence-corrected chi connectivity index (χ3v) is 4.95. The molecule has 4 aromatic rings. The SMILES string of the molecule is c1ccc(OC(Oc2ccccc2)SC(Oc2ccccc2)Oc2ccccc2)cc1. The maximum Gasteiger partial charge on any atom is 0.297 e. The summed E-state index contributed by atoms with van der Waals surface area (Å²) in [6.45, 7) is 0. The van der Waals surface area contributed by atoms with Crippen LogP contribution in [0.15, 0.2) is 121 Å².